The number of carbonyl (C=O) groups excluding carboxylic acids is 5. The van der Waals surface area contributed by atoms with E-state index < -0.39 is 107 Å². The molecule has 4 aliphatic rings. The molecule has 2 aromatic carbocycles. The second-order valence-electron chi connectivity index (χ2n) is 16.9. The Morgan fingerprint density at radius 3 is 2.20 bits per heavy atom. The molecule has 3 aliphatic carbocycles. The van der Waals surface area contributed by atoms with Crippen LogP contribution in [0, 0.1) is 16.7 Å². The number of aliphatic hydroxyl groups is 3. The molecule has 2 heterocycles. The number of para-hydroxylation sites is 1. The lowest BCUT2D eigenvalue weighted by atomic mass is 9.44. The van der Waals surface area contributed by atoms with Crippen LogP contribution in [0.1, 0.15) is 83.0 Å². The summed E-state index contributed by atoms with van der Waals surface area (Å²) in [7, 11) is 0. The zero-order chi connectivity index (χ0) is 43.4. The van der Waals surface area contributed by atoms with Crippen LogP contribution in [0.5, 0.6) is 0 Å². The molecule has 3 unspecified atom stereocenters. The molecule has 11 atom stereocenters. The van der Waals surface area contributed by atoms with E-state index in [4.69, 9.17) is 28.1 Å². The zero-order valence-corrected chi connectivity index (χ0v) is 34.3. The van der Waals surface area contributed by atoms with Crippen LogP contribution in [0.4, 0.5) is 5.69 Å². The van der Waals surface area contributed by atoms with E-state index in [0.717, 1.165) is 0 Å². The van der Waals surface area contributed by atoms with Gasteiger partial charge in [0.1, 0.15) is 47.9 Å². The fourth-order valence-corrected chi connectivity index (χ4v) is 10.00. The Kier molecular flexibility index (Phi) is 11.3. The van der Waals surface area contributed by atoms with Gasteiger partial charge in [0.25, 0.3) is 0 Å². The van der Waals surface area contributed by atoms with Crippen molar-refractivity contribution in [3.05, 3.63) is 102 Å². The van der Waals surface area contributed by atoms with Gasteiger partial charge in [-0.3, -0.25) is 14.4 Å². The second-order valence-corrected chi connectivity index (χ2v) is 16.9. The Morgan fingerprint density at radius 1 is 0.950 bits per heavy atom. The third-order valence-electron chi connectivity index (χ3n) is 13.2. The predicted molar refractivity (Wildman–Crippen MR) is 211 cm³/mol. The Hall–Kier alpha value is -5.35. The molecule has 15 nitrogen and oxygen atoms in total. The van der Waals surface area contributed by atoms with Crippen LogP contribution >= 0.6 is 0 Å². The van der Waals surface area contributed by atoms with Crippen molar-refractivity contribution < 1.29 is 67.4 Å². The number of hydrogen-bond acceptors (Lipinski definition) is 15. The highest BCUT2D eigenvalue weighted by Crippen LogP contribution is 2.64. The van der Waals surface area contributed by atoms with Crippen LogP contribution in [0.2, 0.25) is 0 Å². The number of carbonyl (C=O) groups is 5. The minimum absolute atomic E-state index is 0.0342. The van der Waals surface area contributed by atoms with Gasteiger partial charge in [0.2, 0.25) is 0 Å². The number of nitrogens with one attached hydrogen (secondary N) is 1. The van der Waals surface area contributed by atoms with Gasteiger partial charge in [-0.25, -0.2) is 9.59 Å². The number of rotatable bonds is 11. The Balaban J connectivity index is 1.39. The normalized spacial score (nSPS) is 32.6. The molecular formula is C45H51NO14. The van der Waals surface area contributed by atoms with Gasteiger partial charge in [-0.05, 0) is 61.4 Å². The SMILES string of the molecule is CCC(=O)O[C@H]1C[C@H]2OC[C@@]2(OC(C)=O)C2C(OC(=O)c3ccccc3)[C@]3(O)C[C@H](OC(=O)[C@H](O)C(Nc4ccccc4)c4ccco4)C(C)=C([C@@H](O)C(=O)[C@@]21C)C3(C)C. The monoisotopic (exact) mass is 829 g/mol. The first kappa shape index (κ1) is 42.8. The van der Waals surface area contributed by atoms with Crippen LogP contribution in [-0.4, -0.2) is 99.4 Å². The maximum Gasteiger partial charge on any atom is 0.338 e. The van der Waals surface area contributed by atoms with E-state index in [1.807, 2.05) is 0 Å². The second kappa shape index (κ2) is 15.9. The number of hydrogen-bond donors (Lipinski definition) is 4. The van der Waals surface area contributed by atoms with Crippen LogP contribution in [0.3, 0.4) is 0 Å². The lowest BCUT2D eigenvalue weighted by Crippen LogP contribution is -2.82. The number of ketones is 1. The molecule has 0 amide bonds. The van der Waals surface area contributed by atoms with Crippen molar-refractivity contribution in [2.75, 3.05) is 11.9 Å². The van der Waals surface area contributed by atoms with E-state index in [1.54, 1.807) is 88.4 Å². The first-order valence-corrected chi connectivity index (χ1v) is 20.1. The Bertz CT molecular complexity index is 2150. The maximum absolute atomic E-state index is 15.4. The number of furan rings is 1. The lowest BCUT2D eigenvalue weighted by Gasteiger charge is -2.67. The molecule has 320 valence electrons. The molecule has 15 heteroatoms. The highest BCUT2D eigenvalue weighted by molar-refractivity contribution is 5.94. The summed E-state index contributed by atoms with van der Waals surface area (Å²) in [5.74, 6) is -5.66. The quantitative estimate of drug-likeness (QED) is 0.120. The first-order valence-electron chi connectivity index (χ1n) is 20.1. The minimum Gasteiger partial charge on any atom is -0.467 e. The summed E-state index contributed by atoms with van der Waals surface area (Å²) < 4.78 is 36.1. The fraction of sp³-hybridized carbons (Fsp3) is 0.489. The highest BCUT2D eigenvalue weighted by atomic mass is 16.6. The number of Topliss-reactive ketones (excluding diaryl/α,β-unsaturated/α-hetero) is 1. The molecule has 60 heavy (non-hydrogen) atoms. The summed E-state index contributed by atoms with van der Waals surface area (Å²) in [6, 6.07) is 18.7. The molecular weight excluding hydrogens is 778 g/mol. The summed E-state index contributed by atoms with van der Waals surface area (Å²) in [6.45, 7) is 8.59. The number of aliphatic hydroxyl groups excluding tert-OH is 2. The van der Waals surface area contributed by atoms with Gasteiger partial charge in [-0.2, -0.15) is 0 Å². The van der Waals surface area contributed by atoms with Gasteiger partial charge in [-0.15, -0.1) is 0 Å². The van der Waals surface area contributed by atoms with Gasteiger partial charge in [-0.1, -0.05) is 57.2 Å². The molecule has 0 radical (unpaired) electrons. The molecule has 1 saturated heterocycles. The molecule has 2 bridgehead atoms. The van der Waals surface area contributed by atoms with E-state index in [1.165, 1.54) is 32.2 Å². The molecule has 2 saturated carbocycles. The molecule has 3 aromatic rings. The number of benzene rings is 2. The third-order valence-corrected chi connectivity index (χ3v) is 13.2. The average molecular weight is 830 g/mol. The molecule has 4 N–H and O–H groups in total. The van der Waals surface area contributed by atoms with Crippen molar-refractivity contribution in [1.82, 2.24) is 0 Å². The summed E-state index contributed by atoms with van der Waals surface area (Å²) in [5, 5.41) is 40.8. The van der Waals surface area contributed by atoms with Gasteiger partial charge in [0.05, 0.1) is 29.8 Å². The van der Waals surface area contributed by atoms with Crippen molar-refractivity contribution in [3.8, 4) is 0 Å². The van der Waals surface area contributed by atoms with E-state index in [0.29, 0.717) is 5.69 Å². The van der Waals surface area contributed by atoms with Gasteiger partial charge < -0.3 is 48.7 Å². The Morgan fingerprint density at radius 2 is 1.62 bits per heavy atom. The largest absolute Gasteiger partial charge is 0.467 e. The van der Waals surface area contributed by atoms with Crippen molar-refractivity contribution in [1.29, 1.82) is 0 Å². The standard InChI is InChI=1S/C45H51NO14/c1-7-32(48)58-30-21-31-44(23-56-31,60-25(3)47)37-39(59-40(52)26-15-10-8-11-16-26)45(54)22-29(24(2)33(42(45,4)5)35(49)38(51)43(30,37)6)57-41(53)36(50)34(28-19-14-20-55-28)46-27-17-12-9-13-18-27/h8-20,29-31,34-37,39,46,49-50,54H,7,21-23H2,1-6H3/t29-,30-,31+,34?,35+,36+,37?,39?,43+,44-,45+/m0/s1. The zero-order valence-electron chi connectivity index (χ0n) is 34.3. The van der Waals surface area contributed by atoms with Crippen molar-refractivity contribution in [2.45, 2.75) is 115 Å². The predicted octanol–water partition coefficient (Wildman–Crippen LogP) is 4.40. The summed E-state index contributed by atoms with van der Waals surface area (Å²) >= 11 is 0. The number of fused-ring (bicyclic) bond motifs is 5. The lowest BCUT2D eigenvalue weighted by molar-refractivity contribution is -0.346. The van der Waals surface area contributed by atoms with Crippen LogP contribution < -0.4 is 5.32 Å². The maximum atomic E-state index is 15.4. The van der Waals surface area contributed by atoms with E-state index in [9.17, 15) is 34.5 Å². The number of esters is 4. The van der Waals surface area contributed by atoms with Crippen LogP contribution in [0.25, 0.3) is 0 Å². The number of anilines is 1. The van der Waals surface area contributed by atoms with Gasteiger partial charge >= 0.3 is 23.9 Å². The number of ether oxygens (including phenoxy) is 5. The molecule has 7 rings (SSSR count). The first-order chi connectivity index (χ1) is 28.4. The van der Waals surface area contributed by atoms with Gasteiger partial charge in [0, 0.05) is 37.3 Å². The van der Waals surface area contributed by atoms with Crippen molar-refractivity contribution in [3.63, 3.8) is 0 Å². The van der Waals surface area contributed by atoms with Crippen molar-refractivity contribution >= 4 is 35.3 Å². The van der Waals surface area contributed by atoms with Crippen LogP contribution in [0.15, 0.2) is 94.6 Å². The molecule has 1 aliphatic heterocycles. The van der Waals surface area contributed by atoms with E-state index in [2.05, 4.69) is 5.32 Å². The fourth-order valence-electron chi connectivity index (χ4n) is 10.00. The smallest absolute Gasteiger partial charge is 0.338 e. The van der Waals surface area contributed by atoms with Gasteiger partial charge in [0.15, 0.2) is 17.5 Å². The third kappa shape index (κ3) is 6.90. The minimum atomic E-state index is -2.34. The average Bonchev–Trinajstić information content (AvgIpc) is 3.76. The molecule has 0 spiro atoms. The van der Waals surface area contributed by atoms with Crippen molar-refractivity contribution in [2.24, 2.45) is 16.7 Å². The summed E-state index contributed by atoms with van der Waals surface area (Å²) in [5.41, 5.74) is -6.90. The topological polar surface area (TPSA) is 217 Å². The summed E-state index contributed by atoms with van der Waals surface area (Å²) in [4.78, 5) is 69.9. The highest BCUT2D eigenvalue weighted by Gasteiger charge is 2.78. The van der Waals surface area contributed by atoms with E-state index in [-0.39, 0.29) is 41.9 Å². The van der Waals surface area contributed by atoms with E-state index >= 15 is 4.79 Å². The molecule has 1 aromatic heterocycles. The molecule has 3 fully saturated rings. The Labute approximate surface area is 347 Å². The summed E-state index contributed by atoms with van der Waals surface area (Å²) in [6.07, 6.45) is -8.73. The van der Waals surface area contributed by atoms with Crippen LogP contribution in [-0.2, 0) is 42.9 Å².